The summed E-state index contributed by atoms with van der Waals surface area (Å²) in [5.41, 5.74) is 4.26. The number of nitrogens with one attached hydrogen (secondary N) is 1. The number of amides is 1. The third-order valence-electron chi connectivity index (χ3n) is 5.70. The fourth-order valence-electron chi connectivity index (χ4n) is 3.85. The molecular formula is C24H18Cl3N5OS. The number of carbonyl (C=O) groups excluding carboxylic acids is 1. The fourth-order valence-corrected chi connectivity index (χ4v) is 5.57. The van der Waals surface area contributed by atoms with Crippen LogP contribution in [0.1, 0.15) is 43.6 Å². The predicted molar refractivity (Wildman–Crippen MR) is 137 cm³/mol. The maximum atomic E-state index is 12.7. The van der Waals surface area contributed by atoms with E-state index in [4.69, 9.17) is 39.8 Å². The predicted octanol–water partition coefficient (Wildman–Crippen LogP) is 6.19. The summed E-state index contributed by atoms with van der Waals surface area (Å²) in [4.78, 5) is 18.8. The van der Waals surface area contributed by atoms with Crippen molar-refractivity contribution in [2.24, 2.45) is 4.99 Å². The van der Waals surface area contributed by atoms with E-state index in [2.05, 4.69) is 29.4 Å². The molecule has 4 aromatic rings. The molecule has 3 heterocycles. The second-order valence-electron chi connectivity index (χ2n) is 7.79. The molecule has 5 rings (SSSR count). The van der Waals surface area contributed by atoms with Gasteiger partial charge in [0.25, 0.3) is 5.91 Å². The van der Waals surface area contributed by atoms with Crippen molar-refractivity contribution in [3.8, 4) is 5.00 Å². The summed E-state index contributed by atoms with van der Waals surface area (Å²) in [5.74, 6) is 1.03. The Balaban J connectivity index is 1.52. The molecule has 2 aromatic heterocycles. The van der Waals surface area contributed by atoms with Gasteiger partial charge < -0.3 is 5.32 Å². The Labute approximate surface area is 215 Å². The summed E-state index contributed by atoms with van der Waals surface area (Å²) in [6.07, 6.45) is 0. The van der Waals surface area contributed by atoms with E-state index >= 15 is 0 Å². The van der Waals surface area contributed by atoms with E-state index in [1.54, 1.807) is 23.5 Å². The first kappa shape index (κ1) is 23.1. The minimum absolute atomic E-state index is 0.183. The Morgan fingerprint density at radius 3 is 2.62 bits per heavy atom. The molecule has 10 heteroatoms. The molecule has 0 saturated heterocycles. The Morgan fingerprint density at radius 2 is 1.85 bits per heavy atom. The molecule has 6 nitrogen and oxygen atoms in total. The minimum atomic E-state index is -0.281. The van der Waals surface area contributed by atoms with E-state index in [1.807, 2.05) is 28.8 Å². The minimum Gasteiger partial charge on any atom is -0.345 e. The van der Waals surface area contributed by atoms with Gasteiger partial charge in [-0.3, -0.25) is 14.4 Å². The highest BCUT2D eigenvalue weighted by atomic mass is 35.5. The van der Waals surface area contributed by atoms with Gasteiger partial charge in [-0.25, -0.2) is 0 Å². The quantitative estimate of drug-likeness (QED) is 0.342. The number of hydrogen-bond acceptors (Lipinski definition) is 5. The van der Waals surface area contributed by atoms with Crippen molar-refractivity contribution >= 4 is 57.8 Å². The highest BCUT2D eigenvalue weighted by Gasteiger charge is 2.28. The SMILES string of the molecule is Cc1sc2c(c1C)C(c1ccccc1Cl)=NCc1nnc(CNC(=O)c3ccc(Cl)c(Cl)c3)n1-2. The van der Waals surface area contributed by atoms with E-state index in [0.717, 1.165) is 32.3 Å². The Bertz CT molecular complexity index is 1470. The number of aryl methyl sites for hydroxylation is 1. The molecule has 0 spiro atoms. The van der Waals surface area contributed by atoms with Crippen LogP contribution in [0.2, 0.25) is 15.1 Å². The number of rotatable bonds is 4. The van der Waals surface area contributed by atoms with Crippen molar-refractivity contribution in [1.29, 1.82) is 0 Å². The number of aliphatic imine (C=N–C) groups is 1. The second-order valence-corrected chi connectivity index (χ2v) is 10.2. The first-order valence-corrected chi connectivity index (χ1v) is 12.4. The van der Waals surface area contributed by atoms with Crippen LogP contribution in [-0.4, -0.2) is 26.4 Å². The van der Waals surface area contributed by atoms with Crippen LogP contribution >= 0.6 is 46.1 Å². The van der Waals surface area contributed by atoms with E-state index < -0.39 is 0 Å². The lowest BCUT2D eigenvalue weighted by atomic mass is 10.00. The molecule has 0 aliphatic carbocycles. The molecule has 34 heavy (non-hydrogen) atoms. The number of nitrogens with zero attached hydrogens (tertiary/aromatic N) is 4. The van der Waals surface area contributed by atoms with Crippen LogP contribution in [0.15, 0.2) is 47.5 Å². The van der Waals surface area contributed by atoms with E-state index in [-0.39, 0.29) is 12.5 Å². The first-order chi connectivity index (χ1) is 16.3. The van der Waals surface area contributed by atoms with Crippen molar-refractivity contribution in [2.45, 2.75) is 26.9 Å². The molecule has 1 N–H and O–H groups in total. The standard InChI is InChI=1S/C24H18Cl3N5OS/c1-12-13(2)34-24-21(12)22(15-5-3-4-6-16(15)25)28-10-19-30-31-20(32(19)24)11-29-23(33)14-7-8-17(26)18(27)9-14/h3-9H,10-11H2,1-2H3,(H,29,33). The number of halogens is 3. The highest BCUT2D eigenvalue weighted by Crippen LogP contribution is 2.37. The van der Waals surface area contributed by atoms with Crippen molar-refractivity contribution in [3.63, 3.8) is 0 Å². The van der Waals surface area contributed by atoms with Crippen LogP contribution < -0.4 is 5.32 Å². The van der Waals surface area contributed by atoms with Crippen LogP contribution in [0.4, 0.5) is 0 Å². The van der Waals surface area contributed by atoms with Gasteiger partial charge in [-0.2, -0.15) is 0 Å². The van der Waals surface area contributed by atoms with Gasteiger partial charge in [-0.1, -0.05) is 53.0 Å². The lowest BCUT2D eigenvalue weighted by Gasteiger charge is -2.12. The number of fused-ring (bicyclic) bond motifs is 3. The van der Waals surface area contributed by atoms with Crippen molar-refractivity contribution < 1.29 is 4.79 Å². The van der Waals surface area contributed by atoms with E-state index in [0.29, 0.717) is 38.8 Å². The Morgan fingerprint density at radius 1 is 1.06 bits per heavy atom. The number of thiophene rings is 1. The molecule has 172 valence electrons. The van der Waals surface area contributed by atoms with Gasteiger partial charge in [0.05, 0.1) is 22.3 Å². The van der Waals surface area contributed by atoms with Crippen molar-refractivity contribution in [1.82, 2.24) is 20.1 Å². The summed E-state index contributed by atoms with van der Waals surface area (Å²) in [5, 5.41) is 14.0. The van der Waals surface area contributed by atoms with Gasteiger partial charge in [-0.15, -0.1) is 21.5 Å². The maximum Gasteiger partial charge on any atom is 0.251 e. The lowest BCUT2D eigenvalue weighted by molar-refractivity contribution is 0.0949. The van der Waals surface area contributed by atoms with Crippen LogP contribution in [0.5, 0.6) is 0 Å². The molecule has 1 aliphatic rings. The summed E-state index contributed by atoms with van der Waals surface area (Å²) in [6.45, 7) is 4.68. The summed E-state index contributed by atoms with van der Waals surface area (Å²) in [6, 6.07) is 12.5. The Kier molecular flexibility index (Phi) is 6.20. The van der Waals surface area contributed by atoms with Gasteiger partial charge in [0.2, 0.25) is 0 Å². The third-order valence-corrected chi connectivity index (χ3v) is 7.96. The van der Waals surface area contributed by atoms with Crippen molar-refractivity contribution in [2.75, 3.05) is 0 Å². The molecule has 2 aromatic carbocycles. The molecule has 0 bridgehead atoms. The number of aromatic nitrogens is 3. The topological polar surface area (TPSA) is 72.2 Å². The normalized spacial score (nSPS) is 12.6. The zero-order valence-electron chi connectivity index (χ0n) is 18.2. The Hall–Kier alpha value is -2.71. The highest BCUT2D eigenvalue weighted by molar-refractivity contribution is 7.15. The van der Waals surface area contributed by atoms with Crippen LogP contribution in [0, 0.1) is 13.8 Å². The zero-order chi connectivity index (χ0) is 24.0. The van der Waals surface area contributed by atoms with Gasteiger partial charge in [0.15, 0.2) is 11.6 Å². The lowest BCUT2D eigenvalue weighted by Crippen LogP contribution is -2.24. The average molecular weight is 531 g/mol. The molecule has 0 fully saturated rings. The molecule has 0 radical (unpaired) electrons. The first-order valence-electron chi connectivity index (χ1n) is 10.4. The van der Waals surface area contributed by atoms with Gasteiger partial charge in [0.1, 0.15) is 11.5 Å². The molecular weight excluding hydrogens is 513 g/mol. The molecule has 1 amide bonds. The summed E-state index contributed by atoms with van der Waals surface area (Å²) in [7, 11) is 0. The van der Waals surface area contributed by atoms with Crippen LogP contribution in [-0.2, 0) is 13.1 Å². The van der Waals surface area contributed by atoms with Crippen LogP contribution in [0.3, 0.4) is 0 Å². The monoisotopic (exact) mass is 529 g/mol. The molecule has 1 aliphatic heterocycles. The van der Waals surface area contributed by atoms with E-state index in [9.17, 15) is 4.79 Å². The summed E-state index contributed by atoms with van der Waals surface area (Å²) >= 11 is 20.2. The zero-order valence-corrected chi connectivity index (χ0v) is 21.3. The number of benzene rings is 2. The van der Waals surface area contributed by atoms with Gasteiger partial charge in [-0.05, 0) is 43.7 Å². The van der Waals surface area contributed by atoms with Gasteiger partial charge >= 0.3 is 0 Å². The smallest absolute Gasteiger partial charge is 0.251 e. The number of carbonyl (C=O) groups is 1. The maximum absolute atomic E-state index is 12.7. The second kappa shape index (κ2) is 9.15. The largest absolute Gasteiger partial charge is 0.345 e. The molecule has 0 saturated carbocycles. The van der Waals surface area contributed by atoms with Gasteiger partial charge in [0, 0.05) is 26.6 Å². The molecule has 0 atom stereocenters. The van der Waals surface area contributed by atoms with Crippen LogP contribution in [0.25, 0.3) is 5.00 Å². The summed E-state index contributed by atoms with van der Waals surface area (Å²) < 4.78 is 1.99. The number of hydrogen-bond donors (Lipinski definition) is 1. The third kappa shape index (κ3) is 4.03. The van der Waals surface area contributed by atoms with E-state index in [1.165, 1.54) is 6.07 Å². The van der Waals surface area contributed by atoms with Crippen molar-refractivity contribution in [3.05, 3.63) is 96.3 Å². The fraction of sp³-hybridized carbons (Fsp3) is 0.167. The molecule has 0 unspecified atom stereocenters. The average Bonchev–Trinajstić information content (AvgIpc) is 3.30.